The first-order valence-corrected chi connectivity index (χ1v) is 9.46. The summed E-state index contributed by atoms with van der Waals surface area (Å²) in [5, 5.41) is 5.69. The number of nitrogens with zero attached hydrogens (tertiary/aromatic N) is 2. The molecule has 0 atom stereocenters. The number of aromatic nitrogens is 2. The van der Waals surface area contributed by atoms with Gasteiger partial charge in [-0.05, 0) is 11.4 Å². The normalized spacial score (nSPS) is 11.3. The summed E-state index contributed by atoms with van der Waals surface area (Å²) in [4.78, 5) is 23.1. The summed E-state index contributed by atoms with van der Waals surface area (Å²) in [6.07, 6.45) is 2.49. The van der Waals surface area contributed by atoms with E-state index >= 15 is 0 Å². The molecule has 0 saturated heterocycles. The molecule has 0 aromatic carbocycles. The highest BCUT2D eigenvalue weighted by Crippen LogP contribution is 2.23. The molecule has 2 aromatic heterocycles. The fourth-order valence-corrected chi connectivity index (χ4v) is 4.04. The van der Waals surface area contributed by atoms with Crippen LogP contribution in [0.3, 0.4) is 0 Å². The Bertz CT molecular complexity index is 811. The van der Waals surface area contributed by atoms with Gasteiger partial charge in [-0.3, -0.25) is 19.0 Å². The first kappa shape index (κ1) is 18.9. The summed E-state index contributed by atoms with van der Waals surface area (Å²) in [6, 6.07) is 2.46. The van der Waals surface area contributed by atoms with Gasteiger partial charge in [0.1, 0.15) is 4.21 Å². The van der Waals surface area contributed by atoms with Gasteiger partial charge in [0.2, 0.25) is 0 Å². The average molecular weight is 387 g/mol. The Kier molecular flexibility index (Phi) is 6.15. The summed E-state index contributed by atoms with van der Waals surface area (Å²) < 4.78 is 37.5. The van der Waals surface area contributed by atoms with Crippen LogP contribution in [-0.4, -0.2) is 44.4 Å². The van der Waals surface area contributed by atoms with Gasteiger partial charge in [0.15, 0.2) is 0 Å². The predicted molar refractivity (Wildman–Crippen MR) is 89.7 cm³/mol. The molecular formula is C14H17N3O6S2. The number of carbonyl (C=O) groups is 2. The first-order valence-electron chi connectivity index (χ1n) is 7.10. The lowest BCUT2D eigenvalue weighted by Crippen LogP contribution is -2.19. The van der Waals surface area contributed by atoms with Gasteiger partial charge < -0.3 is 9.47 Å². The van der Waals surface area contributed by atoms with Crippen LogP contribution in [-0.2, 0) is 29.1 Å². The number of hydrogen-bond acceptors (Lipinski definition) is 8. The standard InChI is InChI=1S/C14H17N3O6S2/c1-22-12(18)6-11(7-13(19)23-2)17-9-10(8-15-17)16-25(20,21)14-4-3-5-24-14/h3-5,8-9,11,16H,6-7H2,1-2H3. The molecule has 136 valence electrons. The molecule has 0 amide bonds. The first-order chi connectivity index (χ1) is 11.9. The molecule has 11 heteroatoms. The van der Waals surface area contributed by atoms with Crippen molar-refractivity contribution in [2.24, 2.45) is 0 Å². The summed E-state index contributed by atoms with van der Waals surface area (Å²) in [7, 11) is -1.23. The van der Waals surface area contributed by atoms with Crippen LogP contribution in [0.25, 0.3) is 0 Å². The van der Waals surface area contributed by atoms with E-state index in [1.54, 1.807) is 11.4 Å². The number of esters is 2. The van der Waals surface area contributed by atoms with Crippen molar-refractivity contribution in [3.63, 3.8) is 0 Å². The van der Waals surface area contributed by atoms with Crippen molar-refractivity contribution < 1.29 is 27.5 Å². The minimum atomic E-state index is -3.71. The maximum absolute atomic E-state index is 12.2. The van der Waals surface area contributed by atoms with Crippen molar-refractivity contribution in [2.45, 2.75) is 23.1 Å². The van der Waals surface area contributed by atoms with E-state index in [0.29, 0.717) is 0 Å². The molecule has 9 nitrogen and oxygen atoms in total. The Balaban J connectivity index is 2.18. The topological polar surface area (TPSA) is 117 Å². The second-order valence-electron chi connectivity index (χ2n) is 4.96. The third-order valence-electron chi connectivity index (χ3n) is 3.25. The van der Waals surface area contributed by atoms with Crippen LogP contribution in [0, 0.1) is 0 Å². The molecule has 0 saturated carbocycles. The van der Waals surface area contributed by atoms with E-state index in [1.807, 2.05) is 0 Å². The van der Waals surface area contributed by atoms with E-state index in [1.165, 1.54) is 37.4 Å². The number of hydrogen-bond donors (Lipinski definition) is 1. The van der Waals surface area contributed by atoms with Gasteiger partial charge in [-0.25, -0.2) is 8.42 Å². The second kappa shape index (κ2) is 8.12. The van der Waals surface area contributed by atoms with Crippen molar-refractivity contribution in [3.05, 3.63) is 29.9 Å². The number of methoxy groups -OCH3 is 2. The lowest BCUT2D eigenvalue weighted by molar-refractivity contribution is -0.144. The molecule has 0 aliphatic rings. The Hall–Kier alpha value is -2.40. The molecule has 2 rings (SSSR count). The van der Waals surface area contributed by atoms with Crippen LogP contribution < -0.4 is 4.72 Å². The third kappa shape index (κ3) is 5.03. The number of anilines is 1. The van der Waals surface area contributed by atoms with Crippen molar-refractivity contribution >= 4 is 39.0 Å². The van der Waals surface area contributed by atoms with Crippen molar-refractivity contribution in [3.8, 4) is 0 Å². The van der Waals surface area contributed by atoms with Crippen LogP contribution in [0.2, 0.25) is 0 Å². The summed E-state index contributed by atoms with van der Waals surface area (Å²) in [5.41, 5.74) is 0.216. The third-order valence-corrected chi connectivity index (χ3v) is 6.03. The molecular weight excluding hydrogens is 370 g/mol. The quantitative estimate of drug-likeness (QED) is 0.681. The lowest BCUT2D eigenvalue weighted by Gasteiger charge is -2.15. The van der Waals surface area contributed by atoms with Gasteiger partial charge in [0, 0.05) is 6.20 Å². The van der Waals surface area contributed by atoms with Gasteiger partial charge in [0.25, 0.3) is 10.0 Å². The summed E-state index contributed by atoms with van der Waals surface area (Å²) in [5.74, 6) is -1.05. The molecule has 0 fully saturated rings. The van der Waals surface area contributed by atoms with E-state index < -0.39 is 28.0 Å². The van der Waals surface area contributed by atoms with Crippen LogP contribution in [0.5, 0.6) is 0 Å². The number of ether oxygens (including phenoxy) is 2. The zero-order valence-electron chi connectivity index (χ0n) is 13.5. The molecule has 1 N–H and O–H groups in total. The maximum Gasteiger partial charge on any atom is 0.307 e. The Morgan fingerprint density at radius 2 is 1.92 bits per heavy atom. The highest BCUT2D eigenvalue weighted by molar-refractivity contribution is 7.94. The van der Waals surface area contributed by atoms with Gasteiger partial charge in [0.05, 0.1) is 45.0 Å². The predicted octanol–water partition coefficient (Wildman–Crippen LogP) is 1.41. The van der Waals surface area contributed by atoms with Crippen molar-refractivity contribution in [2.75, 3.05) is 18.9 Å². The van der Waals surface area contributed by atoms with Gasteiger partial charge in [-0.2, -0.15) is 5.10 Å². The minimum Gasteiger partial charge on any atom is -0.469 e. The van der Waals surface area contributed by atoms with E-state index in [-0.39, 0.29) is 22.7 Å². The van der Waals surface area contributed by atoms with Crippen molar-refractivity contribution in [1.82, 2.24) is 9.78 Å². The second-order valence-corrected chi connectivity index (χ2v) is 7.82. The molecule has 0 radical (unpaired) electrons. The van der Waals surface area contributed by atoms with Crippen LogP contribution in [0.15, 0.2) is 34.1 Å². The number of thiophene rings is 1. The monoisotopic (exact) mass is 387 g/mol. The number of sulfonamides is 1. The van der Waals surface area contributed by atoms with Crippen molar-refractivity contribution in [1.29, 1.82) is 0 Å². The molecule has 0 bridgehead atoms. The van der Waals surface area contributed by atoms with Crippen LogP contribution >= 0.6 is 11.3 Å². The van der Waals surface area contributed by atoms with Crippen LogP contribution in [0.1, 0.15) is 18.9 Å². The average Bonchev–Trinajstić information content (AvgIpc) is 3.25. The van der Waals surface area contributed by atoms with Gasteiger partial charge in [-0.1, -0.05) is 6.07 Å². The molecule has 0 aliphatic heterocycles. The zero-order valence-corrected chi connectivity index (χ0v) is 15.2. The number of carbonyl (C=O) groups excluding carboxylic acids is 2. The smallest absolute Gasteiger partial charge is 0.307 e. The number of rotatable bonds is 8. The molecule has 0 unspecified atom stereocenters. The Morgan fingerprint density at radius 3 is 2.44 bits per heavy atom. The molecule has 2 aromatic rings. The maximum atomic E-state index is 12.2. The molecule has 0 aliphatic carbocycles. The summed E-state index contributed by atoms with van der Waals surface area (Å²) in [6.45, 7) is 0. The van der Waals surface area contributed by atoms with E-state index in [0.717, 1.165) is 11.3 Å². The fraction of sp³-hybridized carbons (Fsp3) is 0.357. The van der Waals surface area contributed by atoms with E-state index in [9.17, 15) is 18.0 Å². The van der Waals surface area contributed by atoms with E-state index in [4.69, 9.17) is 0 Å². The minimum absolute atomic E-state index is 0.107. The van der Waals surface area contributed by atoms with Gasteiger partial charge in [-0.15, -0.1) is 11.3 Å². The largest absolute Gasteiger partial charge is 0.469 e. The highest BCUT2D eigenvalue weighted by atomic mass is 32.2. The molecule has 25 heavy (non-hydrogen) atoms. The molecule has 2 heterocycles. The Morgan fingerprint density at radius 1 is 1.28 bits per heavy atom. The summed E-state index contributed by atoms with van der Waals surface area (Å²) >= 11 is 1.08. The highest BCUT2D eigenvalue weighted by Gasteiger charge is 2.22. The zero-order chi connectivity index (χ0) is 18.4. The van der Waals surface area contributed by atoms with E-state index in [2.05, 4.69) is 19.3 Å². The van der Waals surface area contributed by atoms with Crippen LogP contribution in [0.4, 0.5) is 5.69 Å². The SMILES string of the molecule is COC(=O)CC(CC(=O)OC)n1cc(NS(=O)(=O)c2cccs2)cn1. The lowest BCUT2D eigenvalue weighted by atomic mass is 10.1. The number of nitrogens with one attached hydrogen (secondary N) is 1. The van der Waals surface area contributed by atoms with Gasteiger partial charge >= 0.3 is 11.9 Å². The Labute approximate surface area is 148 Å². The fourth-order valence-electron chi connectivity index (χ4n) is 2.02. The molecule has 0 spiro atoms.